The summed E-state index contributed by atoms with van der Waals surface area (Å²) in [6, 6.07) is 5.87. The van der Waals surface area contributed by atoms with Crippen molar-refractivity contribution in [2.45, 2.75) is 26.6 Å². The highest BCUT2D eigenvalue weighted by atomic mass is 16.2. The van der Waals surface area contributed by atoms with E-state index < -0.39 is 0 Å². The van der Waals surface area contributed by atoms with Crippen molar-refractivity contribution in [1.29, 1.82) is 0 Å². The summed E-state index contributed by atoms with van der Waals surface area (Å²) < 4.78 is 0. The maximum Gasteiger partial charge on any atom is 0.254 e. The molecule has 1 aromatic heterocycles. The molecule has 1 amide bonds. The third kappa shape index (κ3) is 2.42. The summed E-state index contributed by atoms with van der Waals surface area (Å²) in [5.41, 5.74) is 3.19. The highest BCUT2D eigenvalue weighted by Crippen LogP contribution is 2.18. The van der Waals surface area contributed by atoms with Crippen molar-refractivity contribution in [3.63, 3.8) is 0 Å². The molecule has 2 aromatic rings. The van der Waals surface area contributed by atoms with Crippen LogP contribution in [0.1, 0.15) is 33.1 Å². The van der Waals surface area contributed by atoms with Crippen molar-refractivity contribution in [1.82, 2.24) is 25.4 Å². The van der Waals surface area contributed by atoms with E-state index in [1.54, 1.807) is 11.9 Å². The Balaban J connectivity index is 1.74. The predicted octanol–water partition coefficient (Wildman–Crippen LogP) is 0.989. The van der Waals surface area contributed by atoms with Crippen LogP contribution in [-0.4, -0.2) is 33.0 Å². The zero-order valence-corrected chi connectivity index (χ0v) is 11.6. The molecule has 0 atom stereocenters. The van der Waals surface area contributed by atoms with E-state index in [9.17, 15) is 4.79 Å². The first-order valence-electron chi connectivity index (χ1n) is 6.59. The number of benzene rings is 1. The number of hydrogen-bond donors (Lipinski definition) is 2. The molecular weight excluding hydrogens is 254 g/mol. The Hall–Kier alpha value is -2.21. The first-order chi connectivity index (χ1) is 9.63. The van der Waals surface area contributed by atoms with E-state index in [-0.39, 0.29) is 5.91 Å². The minimum absolute atomic E-state index is 0.0119. The number of carbonyl (C=O) groups excluding carboxylic acids is 1. The zero-order chi connectivity index (χ0) is 14.1. The van der Waals surface area contributed by atoms with Crippen LogP contribution in [0.3, 0.4) is 0 Å². The molecule has 1 aromatic carbocycles. The Morgan fingerprint density at radius 2 is 2.15 bits per heavy atom. The van der Waals surface area contributed by atoms with Crippen molar-refractivity contribution < 1.29 is 4.79 Å². The number of aromatic amines is 1. The van der Waals surface area contributed by atoms with Crippen LogP contribution in [0, 0.1) is 6.92 Å². The lowest BCUT2D eigenvalue weighted by molar-refractivity contribution is 0.0781. The van der Waals surface area contributed by atoms with E-state index in [1.165, 1.54) is 11.1 Å². The number of nitrogens with one attached hydrogen (secondary N) is 2. The second kappa shape index (κ2) is 5.05. The molecule has 1 aliphatic heterocycles. The average molecular weight is 271 g/mol. The van der Waals surface area contributed by atoms with Gasteiger partial charge in [-0.05, 0) is 30.2 Å². The SMILES string of the molecule is Cc1nc(CN(C)C(=O)c2ccc3c(c2)CNC3)n[nH]1. The number of nitrogens with zero attached hydrogens (tertiary/aromatic N) is 3. The molecule has 6 nitrogen and oxygen atoms in total. The minimum atomic E-state index is -0.0119. The normalized spacial score (nSPS) is 13.3. The van der Waals surface area contributed by atoms with Gasteiger partial charge in [-0.15, -0.1) is 0 Å². The van der Waals surface area contributed by atoms with Crippen molar-refractivity contribution in [3.05, 3.63) is 46.5 Å². The maximum atomic E-state index is 12.4. The summed E-state index contributed by atoms with van der Waals surface area (Å²) in [5, 5.41) is 10.1. The summed E-state index contributed by atoms with van der Waals surface area (Å²) in [6.07, 6.45) is 0. The summed E-state index contributed by atoms with van der Waals surface area (Å²) in [6.45, 7) is 3.96. The van der Waals surface area contributed by atoms with Gasteiger partial charge in [0, 0.05) is 25.7 Å². The fraction of sp³-hybridized carbons (Fsp3) is 0.357. The van der Waals surface area contributed by atoms with Crippen LogP contribution in [0.15, 0.2) is 18.2 Å². The molecule has 0 spiro atoms. The number of hydrogen-bond acceptors (Lipinski definition) is 4. The van der Waals surface area contributed by atoms with Gasteiger partial charge in [0.2, 0.25) is 0 Å². The fourth-order valence-corrected chi connectivity index (χ4v) is 2.39. The first kappa shape index (κ1) is 12.8. The largest absolute Gasteiger partial charge is 0.334 e. The zero-order valence-electron chi connectivity index (χ0n) is 11.6. The first-order valence-corrected chi connectivity index (χ1v) is 6.59. The quantitative estimate of drug-likeness (QED) is 0.873. The lowest BCUT2D eigenvalue weighted by Gasteiger charge is -2.15. The lowest BCUT2D eigenvalue weighted by Crippen LogP contribution is -2.26. The van der Waals surface area contributed by atoms with Crippen LogP contribution in [0.25, 0.3) is 0 Å². The van der Waals surface area contributed by atoms with Crippen molar-refractivity contribution in [2.24, 2.45) is 0 Å². The van der Waals surface area contributed by atoms with Gasteiger partial charge in [-0.3, -0.25) is 9.89 Å². The Morgan fingerprint density at radius 1 is 1.35 bits per heavy atom. The van der Waals surface area contributed by atoms with E-state index in [1.807, 2.05) is 25.1 Å². The monoisotopic (exact) mass is 271 g/mol. The predicted molar refractivity (Wildman–Crippen MR) is 73.9 cm³/mol. The molecule has 0 aliphatic carbocycles. The van der Waals surface area contributed by atoms with E-state index in [4.69, 9.17) is 0 Å². The average Bonchev–Trinajstić information content (AvgIpc) is 3.05. The smallest absolute Gasteiger partial charge is 0.254 e. The Bertz CT molecular complexity index is 649. The van der Waals surface area contributed by atoms with Crippen LogP contribution < -0.4 is 5.32 Å². The fourth-order valence-electron chi connectivity index (χ4n) is 2.39. The van der Waals surface area contributed by atoms with E-state index in [0.29, 0.717) is 17.9 Å². The summed E-state index contributed by atoms with van der Waals surface area (Å²) in [7, 11) is 1.76. The van der Waals surface area contributed by atoms with Gasteiger partial charge in [-0.25, -0.2) is 4.98 Å². The van der Waals surface area contributed by atoms with Crippen LogP contribution in [-0.2, 0) is 19.6 Å². The number of aryl methyl sites for hydroxylation is 1. The van der Waals surface area contributed by atoms with E-state index in [2.05, 4.69) is 20.5 Å². The van der Waals surface area contributed by atoms with Gasteiger partial charge in [0.1, 0.15) is 5.82 Å². The molecule has 1 aliphatic rings. The van der Waals surface area contributed by atoms with Gasteiger partial charge in [-0.2, -0.15) is 5.10 Å². The third-order valence-corrected chi connectivity index (χ3v) is 3.45. The minimum Gasteiger partial charge on any atom is -0.334 e. The van der Waals surface area contributed by atoms with Gasteiger partial charge in [0.25, 0.3) is 5.91 Å². The van der Waals surface area contributed by atoms with Gasteiger partial charge in [0.15, 0.2) is 5.82 Å². The second-order valence-corrected chi connectivity index (χ2v) is 5.09. The number of carbonyl (C=O) groups is 1. The molecule has 0 fully saturated rings. The van der Waals surface area contributed by atoms with Crippen LogP contribution in [0.5, 0.6) is 0 Å². The van der Waals surface area contributed by atoms with Gasteiger partial charge >= 0.3 is 0 Å². The van der Waals surface area contributed by atoms with Crippen molar-refractivity contribution >= 4 is 5.91 Å². The Kier molecular flexibility index (Phi) is 3.23. The van der Waals surface area contributed by atoms with Gasteiger partial charge in [0.05, 0.1) is 6.54 Å². The maximum absolute atomic E-state index is 12.4. The number of H-pyrrole nitrogens is 1. The number of aromatic nitrogens is 3. The molecule has 6 heteroatoms. The summed E-state index contributed by atoms with van der Waals surface area (Å²) in [4.78, 5) is 18.2. The van der Waals surface area contributed by atoms with Crippen LogP contribution in [0.4, 0.5) is 0 Å². The summed E-state index contributed by atoms with van der Waals surface area (Å²) in [5.74, 6) is 1.37. The Morgan fingerprint density at radius 3 is 2.90 bits per heavy atom. The topological polar surface area (TPSA) is 73.9 Å². The number of amides is 1. The molecular formula is C14H17N5O. The van der Waals surface area contributed by atoms with Crippen molar-refractivity contribution in [2.75, 3.05) is 7.05 Å². The number of rotatable bonds is 3. The van der Waals surface area contributed by atoms with Gasteiger partial charge < -0.3 is 10.2 Å². The van der Waals surface area contributed by atoms with Crippen LogP contribution in [0.2, 0.25) is 0 Å². The summed E-state index contributed by atoms with van der Waals surface area (Å²) >= 11 is 0. The standard InChI is InChI=1S/C14H17N5O/c1-9-16-13(18-17-9)8-19(2)14(20)10-3-4-11-6-15-7-12(11)5-10/h3-5,15H,6-8H2,1-2H3,(H,16,17,18). The molecule has 0 radical (unpaired) electrons. The Labute approximate surface area is 117 Å². The molecule has 2 heterocycles. The molecule has 0 saturated heterocycles. The lowest BCUT2D eigenvalue weighted by atomic mass is 10.1. The highest BCUT2D eigenvalue weighted by molar-refractivity contribution is 5.94. The number of fused-ring (bicyclic) bond motifs is 1. The third-order valence-electron chi connectivity index (χ3n) is 3.45. The molecule has 0 bridgehead atoms. The van der Waals surface area contributed by atoms with Crippen LogP contribution >= 0.6 is 0 Å². The molecule has 0 saturated carbocycles. The molecule has 3 rings (SSSR count). The molecule has 20 heavy (non-hydrogen) atoms. The highest BCUT2D eigenvalue weighted by Gasteiger charge is 2.17. The van der Waals surface area contributed by atoms with E-state index in [0.717, 1.165) is 18.9 Å². The second-order valence-electron chi connectivity index (χ2n) is 5.09. The van der Waals surface area contributed by atoms with E-state index >= 15 is 0 Å². The molecule has 0 unspecified atom stereocenters. The molecule has 2 N–H and O–H groups in total. The molecule has 104 valence electrons. The van der Waals surface area contributed by atoms with Crippen molar-refractivity contribution in [3.8, 4) is 0 Å². The van der Waals surface area contributed by atoms with Gasteiger partial charge in [-0.1, -0.05) is 6.07 Å².